The van der Waals surface area contributed by atoms with Crippen LogP contribution in [0.3, 0.4) is 0 Å². The first kappa shape index (κ1) is 22.1. The number of hydrogen-bond donors (Lipinski definition) is 1. The number of nitrogens with zero attached hydrogens (tertiary/aromatic N) is 3. The fraction of sp³-hybridized carbons (Fsp3) is 0.250. The van der Waals surface area contributed by atoms with E-state index in [2.05, 4.69) is 10.3 Å². The van der Waals surface area contributed by atoms with E-state index in [0.717, 1.165) is 44.9 Å². The Balaban J connectivity index is 1.36. The predicted molar refractivity (Wildman–Crippen MR) is 122 cm³/mol. The third-order valence-electron chi connectivity index (χ3n) is 6.23. The lowest BCUT2D eigenvalue weighted by Gasteiger charge is -2.24. The Labute approximate surface area is 198 Å². The molecule has 174 valence electrons. The largest absolute Gasteiger partial charge is 0.325 e. The van der Waals surface area contributed by atoms with E-state index in [9.17, 15) is 23.2 Å². The zero-order chi connectivity index (χ0) is 24.2. The van der Waals surface area contributed by atoms with Crippen molar-refractivity contribution in [2.45, 2.75) is 25.8 Å². The fourth-order valence-electron chi connectivity index (χ4n) is 4.44. The molecule has 0 saturated carbocycles. The lowest BCUT2D eigenvalue weighted by atomic mass is 9.91. The van der Waals surface area contributed by atoms with Crippen molar-refractivity contribution in [3.05, 3.63) is 69.5 Å². The third-order valence-corrected chi connectivity index (χ3v) is 7.00. The molecule has 34 heavy (non-hydrogen) atoms. The first-order chi connectivity index (χ1) is 16.2. The Morgan fingerprint density at radius 3 is 2.74 bits per heavy atom. The number of carbonyl (C=O) groups excluding carboxylic acids is 3. The van der Waals surface area contributed by atoms with E-state index in [1.54, 1.807) is 11.3 Å². The maximum atomic E-state index is 14.4. The number of hydrogen-bond acceptors (Lipinski definition) is 5. The molecule has 2 aromatic carbocycles. The van der Waals surface area contributed by atoms with Gasteiger partial charge in [-0.2, -0.15) is 0 Å². The molecular formula is C24H20F2N4O3S. The first-order valence-electron chi connectivity index (χ1n) is 10.6. The van der Waals surface area contributed by atoms with Gasteiger partial charge in [-0.05, 0) is 56.2 Å². The molecule has 4 amide bonds. The van der Waals surface area contributed by atoms with Crippen molar-refractivity contribution in [1.82, 2.24) is 15.2 Å². The number of fused-ring (bicyclic) bond motifs is 1. The van der Waals surface area contributed by atoms with Crippen molar-refractivity contribution in [3.8, 4) is 11.3 Å². The van der Waals surface area contributed by atoms with Gasteiger partial charge < -0.3 is 10.2 Å². The zero-order valence-corrected chi connectivity index (χ0v) is 19.2. The predicted octanol–water partition coefficient (Wildman–Crippen LogP) is 3.75. The molecule has 0 aliphatic carbocycles. The number of halogens is 2. The van der Waals surface area contributed by atoms with Crippen LogP contribution in [0.4, 0.5) is 19.3 Å². The number of aromatic nitrogens is 1. The van der Waals surface area contributed by atoms with Crippen LogP contribution in [0.1, 0.15) is 23.1 Å². The highest BCUT2D eigenvalue weighted by molar-refractivity contribution is 7.09. The van der Waals surface area contributed by atoms with Gasteiger partial charge >= 0.3 is 6.03 Å². The van der Waals surface area contributed by atoms with Crippen LogP contribution < -0.4 is 10.2 Å². The second-order valence-corrected chi connectivity index (χ2v) is 9.52. The van der Waals surface area contributed by atoms with Gasteiger partial charge in [0.15, 0.2) is 0 Å². The molecule has 1 unspecified atom stereocenters. The van der Waals surface area contributed by atoms with Gasteiger partial charge in [0.25, 0.3) is 5.91 Å². The number of benzene rings is 2. The number of rotatable bonds is 4. The van der Waals surface area contributed by atoms with E-state index in [1.807, 2.05) is 30.5 Å². The van der Waals surface area contributed by atoms with Crippen LogP contribution in [0.15, 0.2) is 41.8 Å². The number of aryl methyl sites for hydroxylation is 1. The van der Waals surface area contributed by atoms with Crippen molar-refractivity contribution in [2.24, 2.45) is 0 Å². The molecule has 1 atom stereocenters. The average molecular weight is 483 g/mol. The standard InChI is InChI=1S/C24H20F2N4O3S/c1-13-27-19(12-34-13)14-3-6-20-15(9-14)7-8-29(20)21(31)11-30-22(32)24(2,28-23(30)33)17-10-16(25)4-5-18(17)26/h3-6,9-10,12H,7-8,11H2,1-2H3,(H,28,33). The molecule has 3 aromatic rings. The molecule has 0 bridgehead atoms. The van der Waals surface area contributed by atoms with Crippen molar-refractivity contribution in [2.75, 3.05) is 18.0 Å². The van der Waals surface area contributed by atoms with Gasteiger partial charge in [-0.3, -0.25) is 14.5 Å². The van der Waals surface area contributed by atoms with Crippen LogP contribution in [0.2, 0.25) is 0 Å². The maximum absolute atomic E-state index is 14.4. The van der Waals surface area contributed by atoms with Crippen LogP contribution in [-0.2, 0) is 21.5 Å². The number of urea groups is 1. The van der Waals surface area contributed by atoms with Gasteiger partial charge in [0.2, 0.25) is 5.91 Å². The van der Waals surface area contributed by atoms with E-state index in [1.165, 1.54) is 11.8 Å². The number of anilines is 1. The summed E-state index contributed by atoms with van der Waals surface area (Å²) >= 11 is 1.56. The van der Waals surface area contributed by atoms with Crippen LogP contribution in [0.5, 0.6) is 0 Å². The molecule has 0 spiro atoms. The van der Waals surface area contributed by atoms with Gasteiger partial charge in [0.05, 0.1) is 10.7 Å². The van der Waals surface area contributed by atoms with Crippen LogP contribution >= 0.6 is 11.3 Å². The number of carbonyl (C=O) groups is 3. The molecule has 1 saturated heterocycles. The highest BCUT2D eigenvalue weighted by Crippen LogP contribution is 2.34. The smallest absolute Gasteiger partial charge is 0.319 e. The Kier molecular flexibility index (Phi) is 5.20. The molecule has 1 aromatic heterocycles. The Hall–Kier alpha value is -3.66. The third kappa shape index (κ3) is 3.54. The highest BCUT2D eigenvalue weighted by atomic mass is 32.1. The average Bonchev–Trinajstić information content (AvgIpc) is 3.48. The summed E-state index contributed by atoms with van der Waals surface area (Å²) in [5, 5.41) is 5.35. The fourth-order valence-corrected chi connectivity index (χ4v) is 5.06. The molecule has 7 nitrogen and oxygen atoms in total. The minimum Gasteiger partial charge on any atom is -0.319 e. The van der Waals surface area contributed by atoms with Gasteiger partial charge in [-0.1, -0.05) is 6.07 Å². The zero-order valence-electron chi connectivity index (χ0n) is 18.4. The second-order valence-electron chi connectivity index (χ2n) is 8.46. The van der Waals surface area contributed by atoms with Crippen LogP contribution in [0.25, 0.3) is 11.3 Å². The normalized spacial score (nSPS) is 19.5. The van der Waals surface area contributed by atoms with Crippen LogP contribution in [-0.4, -0.2) is 40.8 Å². The Bertz CT molecular complexity index is 1360. The van der Waals surface area contributed by atoms with Gasteiger partial charge in [0, 0.05) is 28.7 Å². The van der Waals surface area contributed by atoms with E-state index >= 15 is 0 Å². The summed E-state index contributed by atoms with van der Waals surface area (Å²) in [5.41, 5.74) is 1.41. The summed E-state index contributed by atoms with van der Waals surface area (Å²) < 4.78 is 28.1. The SMILES string of the molecule is Cc1nc(-c2ccc3c(c2)CCN3C(=O)CN2C(=O)NC(C)(c3cc(F)ccc3F)C2=O)cs1. The number of thiazole rings is 1. The summed E-state index contributed by atoms with van der Waals surface area (Å²) in [4.78, 5) is 45.5. The maximum Gasteiger partial charge on any atom is 0.325 e. The molecule has 3 heterocycles. The molecule has 5 rings (SSSR count). The van der Waals surface area contributed by atoms with E-state index in [0.29, 0.717) is 18.7 Å². The summed E-state index contributed by atoms with van der Waals surface area (Å²) in [5.74, 6) is -2.83. The molecule has 10 heteroatoms. The monoisotopic (exact) mass is 482 g/mol. The molecule has 2 aliphatic heterocycles. The quantitative estimate of drug-likeness (QED) is 0.575. The van der Waals surface area contributed by atoms with E-state index < -0.39 is 41.6 Å². The minimum atomic E-state index is -1.81. The Morgan fingerprint density at radius 2 is 2.00 bits per heavy atom. The van der Waals surface area contributed by atoms with Crippen molar-refractivity contribution >= 4 is 34.9 Å². The van der Waals surface area contributed by atoms with Gasteiger partial charge in [-0.15, -0.1) is 11.3 Å². The number of nitrogens with one attached hydrogen (secondary N) is 1. The van der Waals surface area contributed by atoms with Crippen LogP contribution in [0, 0.1) is 18.6 Å². The molecule has 1 N–H and O–H groups in total. The van der Waals surface area contributed by atoms with Crippen molar-refractivity contribution in [3.63, 3.8) is 0 Å². The van der Waals surface area contributed by atoms with Crippen molar-refractivity contribution in [1.29, 1.82) is 0 Å². The lowest BCUT2D eigenvalue weighted by molar-refractivity contribution is -0.134. The summed E-state index contributed by atoms with van der Waals surface area (Å²) in [6.45, 7) is 3.13. The summed E-state index contributed by atoms with van der Waals surface area (Å²) in [6, 6.07) is 7.57. The van der Waals surface area contributed by atoms with E-state index in [-0.39, 0.29) is 5.56 Å². The molecule has 0 radical (unpaired) electrons. The Morgan fingerprint density at radius 1 is 1.21 bits per heavy atom. The second kappa shape index (κ2) is 7.98. The first-order valence-corrected chi connectivity index (χ1v) is 11.5. The van der Waals surface area contributed by atoms with Gasteiger partial charge in [0.1, 0.15) is 23.7 Å². The summed E-state index contributed by atoms with van der Waals surface area (Å²) in [6.07, 6.45) is 0.629. The van der Waals surface area contributed by atoms with Crippen molar-refractivity contribution < 1.29 is 23.2 Å². The highest BCUT2D eigenvalue weighted by Gasteiger charge is 2.51. The number of imide groups is 1. The molecular weight excluding hydrogens is 462 g/mol. The number of amides is 4. The topological polar surface area (TPSA) is 82.6 Å². The van der Waals surface area contributed by atoms with Gasteiger partial charge in [-0.25, -0.2) is 18.6 Å². The minimum absolute atomic E-state index is 0.294. The molecule has 2 aliphatic rings. The lowest BCUT2D eigenvalue weighted by Crippen LogP contribution is -2.44. The van der Waals surface area contributed by atoms with E-state index in [4.69, 9.17) is 0 Å². The molecule has 1 fully saturated rings. The summed E-state index contributed by atoms with van der Waals surface area (Å²) in [7, 11) is 0.